The van der Waals surface area contributed by atoms with Crippen LogP contribution in [0.5, 0.6) is 5.75 Å². The molecule has 0 aliphatic rings. The number of nitrogens with zero attached hydrogens (tertiary/aromatic N) is 1. The summed E-state index contributed by atoms with van der Waals surface area (Å²) in [5.41, 5.74) is 2.36. The third kappa shape index (κ3) is 8.21. The number of halogens is 2. The predicted molar refractivity (Wildman–Crippen MR) is 129 cm³/mol. The molecule has 1 amide bonds. The first-order valence-electron chi connectivity index (χ1n) is 8.69. The number of carbonyl (C=O) groups is 1. The van der Waals surface area contributed by atoms with Crippen LogP contribution < -0.4 is 20.7 Å². The van der Waals surface area contributed by atoms with E-state index in [1.165, 1.54) is 0 Å². The summed E-state index contributed by atoms with van der Waals surface area (Å²) in [5.74, 6) is 3.58. The molecule has 2 rings (SSSR count). The average molecular weight is 527 g/mol. The van der Waals surface area contributed by atoms with Gasteiger partial charge in [-0.05, 0) is 42.3 Å². The Morgan fingerprint density at radius 1 is 1.24 bits per heavy atom. The van der Waals surface area contributed by atoms with Crippen molar-refractivity contribution in [1.82, 2.24) is 10.6 Å². The number of nitrogens with one attached hydrogen (secondary N) is 3. The fourth-order valence-electron chi connectivity index (χ4n) is 2.45. The molecule has 0 heterocycles. The summed E-state index contributed by atoms with van der Waals surface area (Å²) in [6.07, 6.45) is 6.07. The van der Waals surface area contributed by atoms with Crippen molar-refractivity contribution in [2.45, 2.75) is 6.42 Å². The lowest BCUT2D eigenvalue weighted by molar-refractivity contribution is -0.115. The summed E-state index contributed by atoms with van der Waals surface area (Å²) in [6, 6.07) is 12.7. The van der Waals surface area contributed by atoms with Gasteiger partial charge in [-0.3, -0.25) is 9.79 Å². The van der Waals surface area contributed by atoms with Crippen LogP contribution in [0.3, 0.4) is 0 Å². The van der Waals surface area contributed by atoms with Crippen molar-refractivity contribution in [3.63, 3.8) is 0 Å². The number of amides is 1. The monoisotopic (exact) mass is 526 g/mol. The van der Waals surface area contributed by atoms with Crippen molar-refractivity contribution in [2.75, 3.05) is 32.6 Å². The molecule has 0 bridgehead atoms. The fourth-order valence-corrected chi connectivity index (χ4v) is 2.71. The van der Waals surface area contributed by atoms with Gasteiger partial charge in [0.2, 0.25) is 5.91 Å². The van der Waals surface area contributed by atoms with Gasteiger partial charge in [-0.2, -0.15) is 0 Å². The van der Waals surface area contributed by atoms with Gasteiger partial charge >= 0.3 is 0 Å². The standard InChI is InChI=1S/C21H23ClN4O2.HI/c1-4-15-6-5-7-17(12-15)26-20(27)14-25-21(23-2)24-11-10-16-8-9-18(28-3)13-19(16)22;/h1,5-9,12-13H,10-11,14H2,2-3H3,(H,26,27)(H2,23,24,25);1H. The van der Waals surface area contributed by atoms with Crippen LogP contribution >= 0.6 is 35.6 Å². The van der Waals surface area contributed by atoms with Gasteiger partial charge in [-0.15, -0.1) is 30.4 Å². The lowest BCUT2D eigenvalue weighted by Gasteiger charge is -2.13. The van der Waals surface area contributed by atoms with Gasteiger partial charge in [0.25, 0.3) is 0 Å². The number of anilines is 1. The molecule has 8 heteroatoms. The highest BCUT2D eigenvalue weighted by Crippen LogP contribution is 2.22. The zero-order valence-electron chi connectivity index (χ0n) is 16.3. The summed E-state index contributed by atoms with van der Waals surface area (Å²) >= 11 is 6.24. The molecule has 0 fully saturated rings. The summed E-state index contributed by atoms with van der Waals surface area (Å²) in [6.45, 7) is 0.681. The summed E-state index contributed by atoms with van der Waals surface area (Å²) < 4.78 is 5.14. The second-order valence-corrected chi connectivity index (χ2v) is 6.24. The number of ether oxygens (including phenoxy) is 1. The highest BCUT2D eigenvalue weighted by atomic mass is 127. The van der Waals surface area contributed by atoms with E-state index in [4.69, 9.17) is 22.8 Å². The first-order chi connectivity index (χ1) is 13.5. The van der Waals surface area contributed by atoms with E-state index < -0.39 is 0 Å². The van der Waals surface area contributed by atoms with Crippen molar-refractivity contribution in [3.05, 3.63) is 58.6 Å². The topological polar surface area (TPSA) is 74.8 Å². The number of methoxy groups -OCH3 is 1. The number of rotatable bonds is 7. The maximum absolute atomic E-state index is 12.1. The van der Waals surface area contributed by atoms with Crippen LogP contribution in [-0.2, 0) is 11.2 Å². The molecule has 0 aliphatic carbocycles. The van der Waals surface area contributed by atoms with Crippen LogP contribution in [0.25, 0.3) is 0 Å². The van der Waals surface area contributed by atoms with Crippen molar-refractivity contribution in [3.8, 4) is 18.1 Å². The Balaban J connectivity index is 0.00000420. The molecule has 0 unspecified atom stereocenters. The average Bonchev–Trinajstić information content (AvgIpc) is 2.71. The molecule has 0 spiro atoms. The van der Waals surface area contributed by atoms with Crippen molar-refractivity contribution >= 4 is 53.1 Å². The number of guanidine groups is 1. The van der Waals surface area contributed by atoms with Gasteiger partial charge in [0.05, 0.1) is 13.7 Å². The van der Waals surface area contributed by atoms with Gasteiger partial charge in [0.15, 0.2) is 5.96 Å². The van der Waals surface area contributed by atoms with E-state index in [9.17, 15) is 4.79 Å². The van der Waals surface area contributed by atoms with Crippen LogP contribution in [0.1, 0.15) is 11.1 Å². The first-order valence-corrected chi connectivity index (χ1v) is 9.07. The van der Waals surface area contributed by atoms with Gasteiger partial charge < -0.3 is 20.7 Å². The normalized spacial score (nSPS) is 10.3. The molecule has 0 radical (unpaired) electrons. The van der Waals surface area contributed by atoms with E-state index in [0.29, 0.717) is 35.2 Å². The Hall–Kier alpha value is -2.44. The fraction of sp³-hybridized carbons (Fsp3) is 0.238. The first kappa shape index (κ1) is 24.6. The third-order valence-electron chi connectivity index (χ3n) is 3.90. The number of carbonyl (C=O) groups excluding carboxylic acids is 1. The molecular weight excluding hydrogens is 503 g/mol. The molecule has 6 nitrogen and oxygen atoms in total. The summed E-state index contributed by atoms with van der Waals surface area (Å²) in [5, 5.41) is 9.56. The number of hydrogen-bond donors (Lipinski definition) is 3. The van der Waals surface area contributed by atoms with E-state index in [2.05, 4.69) is 26.9 Å². The van der Waals surface area contributed by atoms with Crippen molar-refractivity contribution in [1.29, 1.82) is 0 Å². The Kier molecular flexibility index (Phi) is 10.9. The van der Waals surface area contributed by atoms with E-state index >= 15 is 0 Å². The molecule has 2 aromatic rings. The zero-order chi connectivity index (χ0) is 20.4. The second kappa shape index (κ2) is 12.9. The molecule has 29 heavy (non-hydrogen) atoms. The lowest BCUT2D eigenvalue weighted by Crippen LogP contribution is -2.42. The summed E-state index contributed by atoms with van der Waals surface area (Å²) in [4.78, 5) is 16.2. The minimum Gasteiger partial charge on any atom is -0.497 e. The number of hydrogen-bond acceptors (Lipinski definition) is 3. The zero-order valence-corrected chi connectivity index (χ0v) is 19.4. The van der Waals surface area contributed by atoms with Gasteiger partial charge in [-0.1, -0.05) is 29.7 Å². The maximum Gasteiger partial charge on any atom is 0.243 e. The molecule has 154 valence electrons. The maximum atomic E-state index is 12.1. The second-order valence-electron chi connectivity index (χ2n) is 5.83. The Morgan fingerprint density at radius 3 is 2.69 bits per heavy atom. The van der Waals surface area contributed by atoms with E-state index in [-0.39, 0.29) is 36.4 Å². The third-order valence-corrected chi connectivity index (χ3v) is 4.25. The summed E-state index contributed by atoms with van der Waals surface area (Å²) in [7, 11) is 3.24. The van der Waals surface area contributed by atoms with Crippen molar-refractivity contribution < 1.29 is 9.53 Å². The highest BCUT2D eigenvalue weighted by Gasteiger charge is 2.06. The quantitative estimate of drug-likeness (QED) is 0.224. The minimum atomic E-state index is -0.199. The van der Waals surface area contributed by atoms with Crippen LogP contribution in [0, 0.1) is 12.3 Å². The van der Waals surface area contributed by atoms with Gasteiger partial charge in [0, 0.05) is 29.9 Å². The number of terminal acetylenes is 1. The van der Waals surface area contributed by atoms with Crippen molar-refractivity contribution in [2.24, 2.45) is 4.99 Å². The molecule has 2 aromatic carbocycles. The largest absolute Gasteiger partial charge is 0.497 e. The molecule has 0 atom stereocenters. The van der Waals surface area contributed by atoms with Crippen LogP contribution in [0.4, 0.5) is 5.69 Å². The Labute approximate surface area is 193 Å². The van der Waals surface area contributed by atoms with E-state index in [1.807, 2.05) is 12.1 Å². The Morgan fingerprint density at radius 2 is 2.03 bits per heavy atom. The van der Waals surface area contributed by atoms with Crippen LogP contribution in [0.15, 0.2) is 47.5 Å². The SMILES string of the molecule is C#Cc1cccc(NC(=O)CNC(=NC)NCCc2ccc(OC)cc2Cl)c1.I. The molecule has 0 aromatic heterocycles. The Bertz CT molecular complexity index is 896. The van der Waals surface area contributed by atoms with Crippen LogP contribution in [0.2, 0.25) is 5.02 Å². The van der Waals surface area contributed by atoms with Crippen LogP contribution in [-0.4, -0.2) is 39.1 Å². The molecular formula is C21H24ClIN4O2. The van der Waals surface area contributed by atoms with E-state index in [0.717, 1.165) is 11.3 Å². The molecule has 3 N–H and O–H groups in total. The molecule has 0 aliphatic heterocycles. The van der Waals surface area contributed by atoms with Gasteiger partial charge in [-0.25, -0.2) is 0 Å². The highest BCUT2D eigenvalue weighted by molar-refractivity contribution is 14.0. The minimum absolute atomic E-state index is 0. The number of aliphatic imine (C=N–C) groups is 1. The molecule has 0 saturated carbocycles. The smallest absolute Gasteiger partial charge is 0.243 e. The number of benzene rings is 2. The lowest BCUT2D eigenvalue weighted by atomic mass is 10.1. The van der Waals surface area contributed by atoms with Gasteiger partial charge in [0.1, 0.15) is 5.75 Å². The van der Waals surface area contributed by atoms with E-state index in [1.54, 1.807) is 44.5 Å². The predicted octanol–water partition coefficient (Wildman–Crippen LogP) is 3.29. The molecule has 0 saturated heterocycles.